The van der Waals surface area contributed by atoms with Crippen LogP contribution in [0, 0.1) is 11.8 Å². The molecule has 2 aliphatic heterocycles. The van der Waals surface area contributed by atoms with Gasteiger partial charge in [0.1, 0.15) is 29.0 Å². The van der Waals surface area contributed by atoms with E-state index in [0.717, 1.165) is 11.1 Å². The van der Waals surface area contributed by atoms with E-state index in [2.05, 4.69) is 11.7 Å². The molecule has 2 heterocycles. The van der Waals surface area contributed by atoms with Gasteiger partial charge >= 0.3 is 11.9 Å². The van der Waals surface area contributed by atoms with Crippen molar-refractivity contribution in [1.82, 2.24) is 0 Å². The summed E-state index contributed by atoms with van der Waals surface area (Å²) in [6.07, 6.45) is 5.88. The Morgan fingerprint density at radius 1 is 1.15 bits per heavy atom. The molecular weight excluding hydrogens is 456 g/mol. The number of benzene rings is 2. The molecule has 3 unspecified atom stereocenters. The maximum atomic E-state index is 13.0. The van der Waals surface area contributed by atoms with Crippen molar-refractivity contribution in [3.05, 3.63) is 82.8 Å². The van der Waals surface area contributed by atoms with Crippen LogP contribution in [-0.2, 0) is 24.6 Å². The fourth-order valence-electron chi connectivity index (χ4n) is 4.92. The highest BCUT2D eigenvalue weighted by molar-refractivity contribution is 7.98. The van der Waals surface area contributed by atoms with Crippen LogP contribution in [0.15, 0.2) is 66.1 Å². The number of thioether (sulfide) groups is 1. The number of esters is 2. The smallest absolute Gasteiger partial charge is 0.343 e. The number of allylic oxidation sites excluding steroid dienone is 2. The lowest BCUT2D eigenvalue weighted by atomic mass is 9.67. The first kappa shape index (κ1) is 22.4. The van der Waals surface area contributed by atoms with Gasteiger partial charge in [0.25, 0.3) is 0 Å². The average molecular weight is 481 g/mol. The Kier molecular flexibility index (Phi) is 5.77. The van der Waals surface area contributed by atoms with Crippen molar-refractivity contribution < 1.29 is 33.3 Å². The third-order valence-electron chi connectivity index (χ3n) is 6.29. The molecule has 7 nitrogen and oxygen atoms in total. The number of carbonyl (C=O) groups excluding carboxylic acids is 2. The van der Waals surface area contributed by atoms with E-state index in [9.17, 15) is 9.59 Å². The minimum atomic E-state index is -1.06. The molecule has 0 amide bonds. The maximum Gasteiger partial charge on any atom is 0.343 e. The number of fused-ring (bicyclic) bond motifs is 6. The molecule has 2 aromatic carbocycles. The van der Waals surface area contributed by atoms with Gasteiger partial charge < -0.3 is 23.7 Å². The summed E-state index contributed by atoms with van der Waals surface area (Å²) in [5.74, 6) is 1.62. The van der Waals surface area contributed by atoms with Gasteiger partial charge in [-0.15, -0.1) is 11.8 Å². The van der Waals surface area contributed by atoms with Crippen LogP contribution >= 0.6 is 11.8 Å². The zero-order chi connectivity index (χ0) is 23.9. The van der Waals surface area contributed by atoms with Crippen molar-refractivity contribution in [2.24, 2.45) is 11.8 Å². The number of rotatable bonds is 6. The van der Waals surface area contributed by atoms with Crippen molar-refractivity contribution >= 4 is 23.7 Å². The van der Waals surface area contributed by atoms with E-state index < -0.39 is 11.6 Å². The second-order valence-electron chi connectivity index (χ2n) is 8.30. The molecule has 3 atom stereocenters. The van der Waals surface area contributed by atoms with Gasteiger partial charge in [0, 0.05) is 23.3 Å². The molecular formula is C26H24O7S. The predicted octanol–water partition coefficient (Wildman–Crippen LogP) is 4.42. The lowest BCUT2D eigenvalue weighted by Gasteiger charge is -2.45. The third-order valence-corrected chi connectivity index (χ3v) is 6.65. The number of carbonyl (C=O) groups is 2. The van der Waals surface area contributed by atoms with Gasteiger partial charge in [-0.25, -0.2) is 9.59 Å². The van der Waals surface area contributed by atoms with Gasteiger partial charge in [-0.1, -0.05) is 25.1 Å². The minimum absolute atomic E-state index is 0.0424. The van der Waals surface area contributed by atoms with E-state index >= 15 is 0 Å². The zero-order valence-corrected chi connectivity index (χ0v) is 19.8. The summed E-state index contributed by atoms with van der Waals surface area (Å²) in [6, 6.07) is 12.7. The first-order valence-electron chi connectivity index (χ1n) is 10.9. The lowest BCUT2D eigenvalue weighted by Crippen LogP contribution is -2.46. The van der Waals surface area contributed by atoms with Crippen LogP contribution in [0.4, 0.5) is 0 Å². The first-order valence-corrected chi connectivity index (χ1v) is 12.3. The standard InChI is InChI=1S/C26H24O7S/c1-15-10-17(31-14-34-3)12-22-24(15)26(19-7-5-4-6-18(19)25(28)33-26)20-9-8-16(11-21(20)32-22)30-13-23(27)29-2/h4-12,15,24H,13-14H2,1-3H3. The fourth-order valence-corrected chi connectivity index (χ4v) is 5.18. The Morgan fingerprint density at radius 3 is 2.76 bits per heavy atom. The molecule has 3 aliphatic rings. The monoisotopic (exact) mass is 480 g/mol. The number of hydrogen-bond acceptors (Lipinski definition) is 8. The molecule has 0 radical (unpaired) electrons. The van der Waals surface area contributed by atoms with Gasteiger partial charge in [-0.3, -0.25) is 0 Å². The van der Waals surface area contributed by atoms with E-state index in [4.69, 9.17) is 18.9 Å². The number of ether oxygens (including phenoxy) is 5. The van der Waals surface area contributed by atoms with E-state index in [1.54, 1.807) is 30.0 Å². The largest absolute Gasteiger partial charge is 0.483 e. The lowest BCUT2D eigenvalue weighted by molar-refractivity contribution is -0.142. The van der Waals surface area contributed by atoms with Crippen molar-refractivity contribution in [3.63, 3.8) is 0 Å². The molecule has 1 spiro atoms. The van der Waals surface area contributed by atoms with E-state index in [-0.39, 0.29) is 24.4 Å². The van der Waals surface area contributed by atoms with Crippen LogP contribution in [0.3, 0.4) is 0 Å². The Morgan fingerprint density at radius 2 is 1.97 bits per heavy atom. The highest BCUT2D eigenvalue weighted by Gasteiger charge is 2.59. The van der Waals surface area contributed by atoms with Crippen LogP contribution in [0.5, 0.6) is 11.5 Å². The molecule has 0 saturated heterocycles. The molecule has 0 fully saturated rings. The molecule has 0 saturated carbocycles. The van der Waals surface area contributed by atoms with Gasteiger partial charge in [-0.05, 0) is 36.4 Å². The summed E-state index contributed by atoms with van der Waals surface area (Å²) in [7, 11) is 1.30. The minimum Gasteiger partial charge on any atom is -0.483 e. The van der Waals surface area contributed by atoms with Gasteiger partial charge in [0.05, 0.1) is 18.6 Å². The summed E-state index contributed by atoms with van der Waals surface area (Å²) in [5, 5.41) is 0. The van der Waals surface area contributed by atoms with Crippen LogP contribution in [0.2, 0.25) is 0 Å². The Labute approximate surface area is 201 Å². The van der Waals surface area contributed by atoms with E-state index in [0.29, 0.717) is 34.5 Å². The summed E-state index contributed by atoms with van der Waals surface area (Å²) in [4.78, 5) is 24.5. The van der Waals surface area contributed by atoms with Gasteiger partial charge in [0.2, 0.25) is 0 Å². The zero-order valence-electron chi connectivity index (χ0n) is 19.0. The topological polar surface area (TPSA) is 80.3 Å². The highest BCUT2D eigenvalue weighted by atomic mass is 32.2. The first-order chi connectivity index (χ1) is 16.5. The second kappa shape index (κ2) is 8.76. The maximum absolute atomic E-state index is 13.0. The molecule has 0 N–H and O–H groups in total. The molecule has 2 aromatic rings. The Bertz CT molecular complexity index is 1220. The summed E-state index contributed by atoms with van der Waals surface area (Å²) in [5.41, 5.74) is 1.01. The fraction of sp³-hybridized carbons (Fsp3) is 0.308. The third kappa shape index (κ3) is 3.53. The summed E-state index contributed by atoms with van der Waals surface area (Å²) in [6.45, 7) is 1.84. The Hall–Kier alpha value is -3.39. The second-order valence-corrected chi connectivity index (χ2v) is 9.11. The summed E-state index contributed by atoms with van der Waals surface area (Å²) >= 11 is 1.58. The van der Waals surface area contributed by atoms with Crippen molar-refractivity contribution in [3.8, 4) is 11.5 Å². The highest BCUT2D eigenvalue weighted by Crippen LogP contribution is 2.59. The number of hydrogen-bond donors (Lipinski definition) is 0. The SMILES string of the molecule is COC(=O)COc1ccc2c(c1)OC1=CC(OCSC)=CC(C)C1C21OC(=O)c2ccccc21. The molecule has 1 aliphatic carbocycles. The van der Waals surface area contributed by atoms with Gasteiger partial charge in [-0.2, -0.15) is 0 Å². The summed E-state index contributed by atoms with van der Waals surface area (Å²) < 4.78 is 28.7. The Balaban J connectivity index is 1.64. The molecule has 34 heavy (non-hydrogen) atoms. The van der Waals surface area contributed by atoms with Crippen molar-refractivity contribution in [2.45, 2.75) is 12.5 Å². The van der Waals surface area contributed by atoms with Crippen LogP contribution in [0.25, 0.3) is 0 Å². The molecule has 176 valence electrons. The van der Waals surface area contributed by atoms with Gasteiger partial charge in [0.15, 0.2) is 12.2 Å². The predicted molar refractivity (Wildman–Crippen MR) is 126 cm³/mol. The van der Waals surface area contributed by atoms with Crippen molar-refractivity contribution in [1.29, 1.82) is 0 Å². The normalized spacial score (nSPS) is 24.0. The molecule has 0 aromatic heterocycles. The molecule has 5 rings (SSSR count). The van der Waals surface area contributed by atoms with Crippen LogP contribution < -0.4 is 9.47 Å². The van der Waals surface area contributed by atoms with Crippen LogP contribution in [-0.4, -0.2) is 37.8 Å². The van der Waals surface area contributed by atoms with E-state index in [1.165, 1.54) is 7.11 Å². The quantitative estimate of drug-likeness (QED) is 0.444. The van der Waals surface area contributed by atoms with Crippen LogP contribution in [0.1, 0.15) is 28.4 Å². The average Bonchev–Trinajstić information content (AvgIpc) is 3.13. The molecule has 0 bridgehead atoms. The van der Waals surface area contributed by atoms with E-state index in [1.807, 2.05) is 42.7 Å². The number of methoxy groups -OCH3 is 1. The van der Waals surface area contributed by atoms with Crippen molar-refractivity contribution in [2.75, 3.05) is 25.9 Å². The molecule has 8 heteroatoms.